The van der Waals surface area contributed by atoms with E-state index >= 15 is 0 Å². The number of carbonyl (C=O) groups is 2. The number of ether oxygens (including phenoxy) is 1. The van der Waals surface area contributed by atoms with Crippen LogP contribution in [0.4, 0.5) is 5.82 Å². The van der Waals surface area contributed by atoms with Crippen molar-refractivity contribution in [2.75, 3.05) is 11.9 Å². The van der Waals surface area contributed by atoms with Crippen molar-refractivity contribution in [2.45, 2.75) is 33.1 Å². The summed E-state index contributed by atoms with van der Waals surface area (Å²) in [7, 11) is 0. The molecule has 1 aromatic heterocycles. The minimum Gasteiger partial charge on any atom is -0.452 e. The van der Waals surface area contributed by atoms with Crippen molar-refractivity contribution in [1.29, 1.82) is 0 Å². The van der Waals surface area contributed by atoms with E-state index < -0.39 is 18.5 Å². The van der Waals surface area contributed by atoms with Gasteiger partial charge in [-0.1, -0.05) is 56.1 Å². The number of benzene rings is 1. The predicted molar refractivity (Wildman–Crippen MR) is 103 cm³/mol. The van der Waals surface area contributed by atoms with Crippen LogP contribution in [-0.2, 0) is 14.9 Å². The molecule has 0 saturated heterocycles. The number of esters is 1. The third kappa shape index (κ3) is 5.19. The van der Waals surface area contributed by atoms with Gasteiger partial charge in [0.15, 0.2) is 12.4 Å². The topological polar surface area (TPSA) is 68.3 Å². The van der Waals surface area contributed by atoms with Crippen molar-refractivity contribution in [1.82, 2.24) is 4.98 Å². The van der Waals surface area contributed by atoms with Crippen LogP contribution in [0.15, 0.2) is 30.3 Å². The fraction of sp³-hybridized carbons (Fsp3) is 0.316. The van der Waals surface area contributed by atoms with Crippen LogP contribution in [0.5, 0.6) is 0 Å². The smallest absolute Gasteiger partial charge is 0.338 e. The van der Waals surface area contributed by atoms with Crippen LogP contribution in [0.2, 0.25) is 10.0 Å². The monoisotopic (exact) mass is 394 g/mol. The predicted octanol–water partition coefficient (Wildman–Crippen LogP) is 4.79. The van der Waals surface area contributed by atoms with Gasteiger partial charge in [0.2, 0.25) is 0 Å². The number of aromatic nitrogens is 1. The summed E-state index contributed by atoms with van der Waals surface area (Å²) >= 11 is 11.9. The summed E-state index contributed by atoms with van der Waals surface area (Å²) in [5.41, 5.74) is 2.00. The molecule has 2 aromatic rings. The van der Waals surface area contributed by atoms with Gasteiger partial charge in [-0.3, -0.25) is 4.79 Å². The second-order valence-corrected chi connectivity index (χ2v) is 7.65. The summed E-state index contributed by atoms with van der Waals surface area (Å²) in [6, 6.07) is 8.60. The van der Waals surface area contributed by atoms with Crippen LogP contribution in [0.1, 0.15) is 42.4 Å². The van der Waals surface area contributed by atoms with Gasteiger partial charge in [0.05, 0.1) is 21.3 Å². The molecule has 1 heterocycles. The number of carbonyl (C=O) groups excluding carboxylic acids is 2. The van der Waals surface area contributed by atoms with E-state index in [1.807, 2.05) is 12.1 Å². The van der Waals surface area contributed by atoms with E-state index in [4.69, 9.17) is 27.9 Å². The molecule has 0 radical (unpaired) electrons. The lowest BCUT2D eigenvalue weighted by Crippen LogP contribution is -2.22. The second kappa shape index (κ2) is 8.06. The molecule has 2 rings (SSSR count). The molecule has 0 spiro atoms. The molecule has 0 atom stereocenters. The molecule has 5 nitrogen and oxygen atoms in total. The van der Waals surface area contributed by atoms with Gasteiger partial charge in [0.1, 0.15) is 0 Å². The first kappa shape index (κ1) is 20.2. The maximum Gasteiger partial charge on any atom is 0.338 e. The number of hydrogen-bond acceptors (Lipinski definition) is 4. The van der Waals surface area contributed by atoms with Gasteiger partial charge in [0, 0.05) is 0 Å². The van der Waals surface area contributed by atoms with Crippen molar-refractivity contribution in [3.63, 3.8) is 0 Å². The Morgan fingerprint density at radius 3 is 2.31 bits per heavy atom. The number of nitrogens with zero attached hydrogens (tertiary/aromatic N) is 1. The molecular formula is C19H20Cl2N2O3. The van der Waals surface area contributed by atoms with Crippen molar-refractivity contribution < 1.29 is 14.3 Å². The first-order valence-corrected chi connectivity index (χ1v) is 8.73. The van der Waals surface area contributed by atoms with E-state index in [2.05, 4.69) is 31.1 Å². The van der Waals surface area contributed by atoms with Gasteiger partial charge in [-0.15, -0.1) is 0 Å². The molecule has 0 aliphatic heterocycles. The Labute approximate surface area is 162 Å². The average Bonchev–Trinajstić information content (AvgIpc) is 2.57. The summed E-state index contributed by atoms with van der Waals surface area (Å²) in [4.78, 5) is 28.1. The van der Waals surface area contributed by atoms with Gasteiger partial charge in [0.25, 0.3) is 5.91 Å². The minimum absolute atomic E-state index is 0.00863. The van der Waals surface area contributed by atoms with E-state index in [-0.39, 0.29) is 16.3 Å². The van der Waals surface area contributed by atoms with Gasteiger partial charge >= 0.3 is 5.97 Å². The molecule has 0 fully saturated rings. The Balaban J connectivity index is 1.95. The lowest BCUT2D eigenvalue weighted by molar-refractivity contribution is -0.119. The zero-order chi connectivity index (χ0) is 19.5. The van der Waals surface area contributed by atoms with E-state index in [9.17, 15) is 9.59 Å². The molecule has 1 amide bonds. The molecule has 26 heavy (non-hydrogen) atoms. The first-order chi connectivity index (χ1) is 12.1. The highest BCUT2D eigenvalue weighted by Crippen LogP contribution is 2.25. The molecule has 7 heteroatoms. The SMILES string of the molecule is Cc1nc(NC(=O)COC(=O)c2ccc(C(C)(C)C)cc2)c(Cl)cc1Cl. The maximum absolute atomic E-state index is 12.1. The Bertz CT molecular complexity index is 828. The maximum atomic E-state index is 12.1. The molecule has 0 aliphatic carbocycles. The van der Waals surface area contributed by atoms with Crippen molar-refractivity contribution in [3.8, 4) is 0 Å². The fourth-order valence-electron chi connectivity index (χ4n) is 2.14. The van der Waals surface area contributed by atoms with E-state index in [1.54, 1.807) is 19.1 Å². The zero-order valence-corrected chi connectivity index (χ0v) is 16.5. The molecule has 138 valence electrons. The van der Waals surface area contributed by atoms with Gasteiger partial charge < -0.3 is 10.1 Å². The lowest BCUT2D eigenvalue weighted by Gasteiger charge is -2.18. The highest BCUT2D eigenvalue weighted by molar-refractivity contribution is 6.36. The normalized spacial score (nSPS) is 11.2. The lowest BCUT2D eigenvalue weighted by atomic mass is 9.87. The van der Waals surface area contributed by atoms with Crippen molar-refractivity contribution in [3.05, 3.63) is 57.2 Å². The summed E-state index contributed by atoms with van der Waals surface area (Å²) in [6.07, 6.45) is 0. The Morgan fingerprint density at radius 2 is 1.73 bits per heavy atom. The van der Waals surface area contributed by atoms with Crippen LogP contribution in [0.25, 0.3) is 0 Å². The molecule has 0 unspecified atom stereocenters. The third-order valence-electron chi connectivity index (χ3n) is 3.68. The Hall–Kier alpha value is -2.11. The molecule has 0 saturated carbocycles. The number of halogens is 2. The summed E-state index contributed by atoms with van der Waals surface area (Å²) in [5, 5.41) is 3.10. The number of aryl methyl sites for hydroxylation is 1. The summed E-state index contributed by atoms with van der Waals surface area (Å²) in [5.74, 6) is -0.947. The second-order valence-electron chi connectivity index (χ2n) is 6.84. The van der Waals surface area contributed by atoms with Gasteiger partial charge in [-0.25, -0.2) is 9.78 Å². The van der Waals surface area contributed by atoms with Gasteiger partial charge in [-0.2, -0.15) is 0 Å². The number of amides is 1. The quantitative estimate of drug-likeness (QED) is 0.756. The van der Waals surface area contributed by atoms with E-state index in [0.717, 1.165) is 5.56 Å². The van der Waals surface area contributed by atoms with Crippen LogP contribution in [0.3, 0.4) is 0 Å². The number of nitrogens with one attached hydrogen (secondary N) is 1. The molecular weight excluding hydrogens is 375 g/mol. The number of anilines is 1. The fourth-order valence-corrected chi connectivity index (χ4v) is 2.54. The number of rotatable bonds is 4. The average molecular weight is 395 g/mol. The summed E-state index contributed by atoms with van der Waals surface area (Å²) in [6.45, 7) is 7.50. The first-order valence-electron chi connectivity index (χ1n) is 7.98. The molecule has 0 aliphatic rings. The minimum atomic E-state index is -0.577. The Kier molecular flexibility index (Phi) is 6.26. The van der Waals surface area contributed by atoms with Crippen LogP contribution in [-0.4, -0.2) is 23.5 Å². The Morgan fingerprint density at radius 1 is 1.12 bits per heavy atom. The van der Waals surface area contributed by atoms with E-state index in [1.165, 1.54) is 6.07 Å². The number of hydrogen-bond donors (Lipinski definition) is 1. The van der Waals surface area contributed by atoms with Crippen molar-refractivity contribution in [2.24, 2.45) is 0 Å². The highest BCUT2D eigenvalue weighted by Gasteiger charge is 2.16. The number of pyridine rings is 1. The molecule has 1 N–H and O–H groups in total. The summed E-state index contributed by atoms with van der Waals surface area (Å²) < 4.78 is 5.03. The van der Waals surface area contributed by atoms with Crippen LogP contribution < -0.4 is 5.32 Å². The molecule has 0 bridgehead atoms. The van der Waals surface area contributed by atoms with Gasteiger partial charge in [-0.05, 0) is 36.1 Å². The van der Waals surface area contributed by atoms with Crippen LogP contribution >= 0.6 is 23.2 Å². The van der Waals surface area contributed by atoms with E-state index in [0.29, 0.717) is 16.3 Å². The molecule has 1 aromatic carbocycles. The third-order valence-corrected chi connectivity index (χ3v) is 4.35. The van der Waals surface area contributed by atoms with Crippen LogP contribution in [0, 0.1) is 6.92 Å². The standard InChI is InChI=1S/C19H20Cl2N2O3/c1-11-14(20)9-15(21)17(22-11)23-16(24)10-26-18(25)12-5-7-13(8-6-12)19(2,3)4/h5-9H,10H2,1-4H3,(H,22,23,24). The highest BCUT2D eigenvalue weighted by atomic mass is 35.5. The zero-order valence-electron chi connectivity index (χ0n) is 15.0. The van der Waals surface area contributed by atoms with Crippen molar-refractivity contribution >= 4 is 40.9 Å². The largest absolute Gasteiger partial charge is 0.452 e.